The summed E-state index contributed by atoms with van der Waals surface area (Å²) in [7, 11) is 0. The van der Waals surface area contributed by atoms with Gasteiger partial charge in [-0.3, -0.25) is 0 Å². The van der Waals surface area contributed by atoms with Crippen LogP contribution in [0.4, 0.5) is 4.79 Å². The van der Waals surface area contributed by atoms with E-state index in [1.54, 1.807) is 20.8 Å². The van der Waals surface area contributed by atoms with Crippen LogP contribution in [0.15, 0.2) is 0 Å². The number of aliphatic hydroxyl groups is 2. The normalized spacial score (nSPS) is 15.2. The predicted molar refractivity (Wildman–Crippen MR) is 65.7 cm³/mol. The third-order valence-electron chi connectivity index (χ3n) is 2.36. The number of alkyl carbamates (subject to hydrolysis) is 1. The lowest BCUT2D eigenvalue weighted by Crippen LogP contribution is -2.46. The molecule has 17 heavy (non-hydrogen) atoms. The van der Waals surface area contributed by atoms with Gasteiger partial charge in [0, 0.05) is 12.5 Å². The van der Waals surface area contributed by atoms with Gasteiger partial charge in [-0.2, -0.15) is 0 Å². The monoisotopic (exact) mass is 247 g/mol. The van der Waals surface area contributed by atoms with E-state index in [1.165, 1.54) is 0 Å². The molecule has 0 saturated heterocycles. The Hall–Kier alpha value is -0.810. The maximum absolute atomic E-state index is 11.5. The molecule has 2 atom stereocenters. The summed E-state index contributed by atoms with van der Waals surface area (Å²) < 4.78 is 5.10. The van der Waals surface area contributed by atoms with Crippen LogP contribution in [0.2, 0.25) is 0 Å². The van der Waals surface area contributed by atoms with E-state index < -0.39 is 17.7 Å². The van der Waals surface area contributed by atoms with Crippen LogP contribution in [0.25, 0.3) is 0 Å². The van der Waals surface area contributed by atoms with Crippen LogP contribution in [0, 0.1) is 5.92 Å². The summed E-state index contributed by atoms with van der Waals surface area (Å²) >= 11 is 0. The van der Waals surface area contributed by atoms with E-state index in [0.717, 1.165) is 12.8 Å². The standard InChI is InChI=1S/C12H25NO4/c1-5-6-9(7-14)10(8-15)13-11(16)17-12(2,3)4/h9-10,14-15H,5-8H2,1-4H3,(H,13,16). The van der Waals surface area contributed by atoms with Crippen molar-refractivity contribution in [3.63, 3.8) is 0 Å². The summed E-state index contributed by atoms with van der Waals surface area (Å²) in [6.45, 7) is 7.05. The Kier molecular flexibility index (Phi) is 7.15. The highest BCUT2D eigenvalue weighted by Gasteiger charge is 2.24. The first-order chi connectivity index (χ1) is 7.84. The molecule has 5 heteroatoms. The molecule has 0 aromatic rings. The summed E-state index contributed by atoms with van der Waals surface area (Å²) in [5.41, 5.74) is -0.566. The van der Waals surface area contributed by atoms with Crippen LogP contribution < -0.4 is 5.32 Å². The van der Waals surface area contributed by atoms with E-state index in [4.69, 9.17) is 4.74 Å². The van der Waals surface area contributed by atoms with Crippen LogP contribution in [0.3, 0.4) is 0 Å². The lowest BCUT2D eigenvalue weighted by Gasteiger charge is -2.27. The Labute approximate surface area is 103 Å². The zero-order valence-electron chi connectivity index (χ0n) is 11.2. The van der Waals surface area contributed by atoms with E-state index in [9.17, 15) is 15.0 Å². The highest BCUT2D eigenvalue weighted by atomic mass is 16.6. The topological polar surface area (TPSA) is 78.8 Å². The van der Waals surface area contributed by atoms with Gasteiger partial charge in [0.25, 0.3) is 0 Å². The number of amides is 1. The van der Waals surface area contributed by atoms with Crippen molar-refractivity contribution in [1.82, 2.24) is 5.32 Å². The second-order valence-electron chi connectivity index (χ2n) is 5.17. The minimum atomic E-state index is -0.566. The molecule has 0 aliphatic rings. The van der Waals surface area contributed by atoms with Crippen molar-refractivity contribution in [1.29, 1.82) is 0 Å². The van der Waals surface area contributed by atoms with E-state index >= 15 is 0 Å². The maximum Gasteiger partial charge on any atom is 0.407 e. The SMILES string of the molecule is CCCC(CO)C(CO)NC(=O)OC(C)(C)C. The van der Waals surface area contributed by atoms with E-state index in [-0.39, 0.29) is 19.1 Å². The third-order valence-corrected chi connectivity index (χ3v) is 2.36. The van der Waals surface area contributed by atoms with Gasteiger partial charge in [-0.25, -0.2) is 4.79 Å². The van der Waals surface area contributed by atoms with Gasteiger partial charge in [0.2, 0.25) is 0 Å². The predicted octanol–water partition coefficient (Wildman–Crippen LogP) is 1.28. The van der Waals surface area contributed by atoms with Crippen molar-refractivity contribution in [2.24, 2.45) is 5.92 Å². The Morgan fingerprint density at radius 2 is 1.88 bits per heavy atom. The lowest BCUT2D eigenvalue weighted by molar-refractivity contribution is 0.0424. The van der Waals surface area contributed by atoms with E-state index in [0.29, 0.717) is 0 Å². The quantitative estimate of drug-likeness (QED) is 0.660. The van der Waals surface area contributed by atoms with Crippen molar-refractivity contribution < 1.29 is 19.7 Å². The second-order valence-corrected chi connectivity index (χ2v) is 5.17. The van der Waals surface area contributed by atoms with E-state index in [1.807, 2.05) is 6.92 Å². The Morgan fingerprint density at radius 3 is 2.24 bits per heavy atom. The molecule has 102 valence electrons. The van der Waals surface area contributed by atoms with Crippen molar-refractivity contribution in [3.8, 4) is 0 Å². The Morgan fingerprint density at radius 1 is 1.29 bits per heavy atom. The van der Waals surface area contributed by atoms with Crippen molar-refractivity contribution in [2.75, 3.05) is 13.2 Å². The van der Waals surface area contributed by atoms with Gasteiger partial charge in [-0.1, -0.05) is 13.3 Å². The summed E-state index contributed by atoms with van der Waals surface area (Å²) in [6, 6.07) is -0.463. The van der Waals surface area contributed by atoms with Crippen LogP contribution >= 0.6 is 0 Å². The first kappa shape index (κ1) is 16.2. The zero-order valence-corrected chi connectivity index (χ0v) is 11.2. The minimum absolute atomic E-state index is 0.0607. The molecule has 0 radical (unpaired) electrons. The molecule has 0 saturated carbocycles. The molecule has 0 fully saturated rings. The fourth-order valence-electron chi connectivity index (χ4n) is 1.56. The van der Waals surface area contributed by atoms with Gasteiger partial charge in [0.15, 0.2) is 0 Å². The molecule has 0 aliphatic heterocycles. The summed E-state index contributed by atoms with van der Waals surface area (Å²) in [5, 5.41) is 21.0. The molecule has 1 amide bonds. The number of aliphatic hydroxyl groups excluding tert-OH is 2. The van der Waals surface area contributed by atoms with Gasteiger partial charge >= 0.3 is 6.09 Å². The highest BCUT2D eigenvalue weighted by Crippen LogP contribution is 2.12. The van der Waals surface area contributed by atoms with Gasteiger partial charge < -0.3 is 20.3 Å². The van der Waals surface area contributed by atoms with Gasteiger partial charge in [-0.05, 0) is 27.2 Å². The van der Waals surface area contributed by atoms with Crippen molar-refractivity contribution in [2.45, 2.75) is 52.2 Å². The van der Waals surface area contributed by atoms with Crippen LogP contribution in [0.5, 0.6) is 0 Å². The van der Waals surface area contributed by atoms with Gasteiger partial charge in [0.1, 0.15) is 5.60 Å². The van der Waals surface area contributed by atoms with Gasteiger partial charge in [-0.15, -0.1) is 0 Å². The van der Waals surface area contributed by atoms with Crippen LogP contribution in [-0.4, -0.2) is 41.2 Å². The molecular formula is C12H25NO4. The molecule has 0 bridgehead atoms. The Bertz CT molecular complexity index is 225. The molecule has 0 aromatic heterocycles. The first-order valence-corrected chi connectivity index (χ1v) is 6.05. The molecule has 2 unspecified atom stereocenters. The smallest absolute Gasteiger partial charge is 0.407 e. The minimum Gasteiger partial charge on any atom is -0.444 e. The number of hydrogen-bond acceptors (Lipinski definition) is 4. The second kappa shape index (κ2) is 7.50. The third kappa shape index (κ3) is 7.18. The average molecular weight is 247 g/mol. The molecule has 0 rings (SSSR count). The molecular weight excluding hydrogens is 222 g/mol. The zero-order chi connectivity index (χ0) is 13.5. The summed E-state index contributed by atoms with van der Waals surface area (Å²) in [5.74, 6) is -0.141. The number of carbonyl (C=O) groups excluding carboxylic acids is 1. The van der Waals surface area contributed by atoms with Crippen LogP contribution in [0.1, 0.15) is 40.5 Å². The summed E-state index contributed by atoms with van der Waals surface area (Å²) in [4.78, 5) is 11.5. The lowest BCUT2D eigenvalue weighted by atomic mass is 9.96. The van der Waals surface area contributed by atoms with Crippen molar-refractivity contribution >= 4 is 6.09 Å². The number of ether oxygens (including phenoxy) is 1. The largest absolute Gasteiger partial charge is 0.444 e. The number of carbonyl (C=O) groups is 1. The number of rotatable bonds is 6. The number of nitrogens with one attached hydrogen (secondary N) is 1. The molecule has 5 nitrogen and oxygen atoms in total. The molecule has 3 N–H and O–H groups in total. The molecule has 0 aliphatic carbocycles. The molecule has 0 aromatic carbocycles. The van der Waals surface area contributed by atoms with E-state index in [2.05, 4.69) is 5.32 Å². The number of hydrogen-bond donors (Lipinski definition) is 3. The highest BCUT2D eigenvalue weighted by molar-refractivity contribution is 5.68. The molecule has 0 heterocycles. The average Bonchev–Trinajstić information content (AvgIpc) is 2.20. The van der Waals surface area contributed by atoms with Crippen molar-refractivity contribution in [3.05, 3.63) is 0 Å². The fourth-order valence-corrected chi connectivity index (χ4v) is 1.56. The van der Waals surface area contributed by atoms with Gasteiger partial charge in [0.05, 0.1) is 12.6 Å². The maximum atomic E-state index is 11.5. The fraction of sp³-hybridized carbons (Fsp3) is 0.917. The molecule has 0 spiro atoms. The van der Waals surface area contributed by atoms with Crippen LogP contribution in [-0.2, 0) is 4.74 Å². The summed E-state index contributed by atoms with van der Waals surface area (Å²) in [6.07, 6.45) is 1.07. The Balaban J connectivity index is 4.33. The first-order valence-electron chi connectivity index (χ1n) is 6.05.